The van der Waals surface area contributed by atoms with Crippen molar-refractivity contribution in [1.29, 1.82) is 0 Å². The minimum atomic E-state index is -0.978. The van der Waals surface area contributed by atoms with E-state index in [-0.39, 0.29) is 22.6 Å². The van der Waals surface area contributed by atoms with Gasteiger partial charge >= 0.3 is 5.97 Å². The van der Waals surface area contributed by atoms with Gasteiger partial charge in [-0.05, 0) is 45.0 Å². The normalized spacial score (nSPS) is 11.7. The standard InChI is InChI=1S/C21H24ClNO5/c1-13(2)27-19-17(22)11-15(12-18(19)26-5)21(25)28-14(3)20(24)23(4)16-9-7-6-8-10-16/h6-14H,1-5H3/t14-/m0/s1. The highest BCUT2D eigenvalue weighted by atomic mass is 35.5. The second kappa shape index (κ2) is 9.46. The number of likely N-dealkylation sites (N-methyl/N-ethyl adjacent to an activating group) is 1. The molecule has 0 saturated carbocycles. The lowest BCUT2D eigenvalue weighted by atomic mass is 10.2. The molecule has 2 rings (SSSR count). The molecule has 0 radical (unpaired) electrons. The van der Waals surface area contributed by atoms with E-state index in [2.05, 4.69) is 0 Å². The fraction of sp³-hybridized carbons (Fsp3) is 0.333. The van der Waals surface area contributed by atoms with Gasteiger partial charge in [-0.2, -0.15) is 0 Å². The van der Waals surface area contributed by atoms with E-state index in [1.54, 1.807) is 19.2 Å². The highest BCUT2D eigenvalue weighted by Crippen LogP contribution is 2.37. The molecule has 150 valence electrons. The number of rotatable bonds is 7. The molecule has 0 unspecified atom stereocenters. The van der Waals surface area contributed by atoms with Crippen LogP contribution in [0.25, 0.3) is 0 Å². The Balaban J connectivity index is 2.15. The SMILES string of the molecule is COc1cc(C(=O)O[C@@H](C)C(=O)N(C)c2ccccc2)cc(Cl)c1OC(C)C. The first kappa shape index (κ1) is 21.6. The van der Waals surface area contributed by atoms with Gasteiger partial charge in [0.1, 0.15) is 0 Å². The van der Waals surface area contributed by atoms with Crippen LogP contribution in [0.3, 0.4) is 0 Å². The molecule has 0 saturated heterocycles. The number of halogens is 1. The van der Waals surface area contributed by atoms with Gasteiger partial charge in [-0.25, -0.2) is 4.79 Å². The Bertz CT molecular complexity index is 838. The van der Waals surface area contributed by atoms with Crippen molar-refractivity contribution in [2.45, 2.75) is 33.0 Å². The van der Waals surface area contributed by atoms with E-state index in [4.69, 9.17) is 25.8 Å². The highest BCUT2D eigenvalue weighted by molar-refractivity contribution is 6.32. The summed E-state index contributed by atoms with van der Waals surface area (Å²) in [4.78, 5) is 26.5. The molecule has 7 heteroatoms. The summed E-state index contributed by atoms with van der Waals surface area (Å²) in [6.45, 7) is 5.23. The maximum atomic E-state index is 12.6. The van der Waals surface area contributed by atoms with Gasteiger partial charge < -0.3 is 19.1 Å². The molecule has 0 spiro atoms. The lowest BCUT2D eigenvalue weighted by Crippen LogP contribution is -2.37. The number of hydrogen-bond donors (Lipinski definition) is 0. The molecule has 0 aromatic heterocycles. The summed E-state index contributed by atoms with van der Waals surface area (Å²) in [5, 5.41) is 0.223. The predicted octanol–water partition coefficient (Wildman–Crippen LogP) is 4.34. The molecule has 0 bridgehead atoms. The summed E-state index contributed by atoms with van der Waals surface area (Å²) >= 11 is 6.24. The van der Waals surface area contributed by atoms with Crippen LogP contribution in [0.5, 0.6) is 11.5 Å². The molecule has 0 heterocycles. The van der Waals surface area contributed by atoms with Crippen LogP contribution < -0.4 is 14.4 Å². The minimum absolute atomic E-state index is 0.115. The molecule has 0 aliphatic heterocycles. The Kier molecular flexibility index (Phi) is 7.29. The Morgan fingerprint density at radius 1 is 1.07 bits per heavy atom. The second-order valence-electron chi connectivity index (χ2n) is 6.44. The monoisotopic (exact) mass is 405 g/mol. The predicted molar refractivity (Wildman–Crippen MR) is 108 cm³/mol. The van der Waals surface area contributed by atoms with E-state index in [0.717, 1.165) is 0 Å². The lowest BCUT2D eigenvalue weighted by molar-refractivity contribution is -0.126. The molecule has 0 fully saturated rings. The summed E-state index contributed by atoms with van der Waals surface area (Å²) in [6.07, 6.45) is -1.09. The first-order chi connectivity index (χ1) is 13.2. The molecule has 6 nitrogen and oxygen atoms in total. The molecule has 2 aromatic carbocycles. The van der Waals surface area contributed by atoms with Crippen LogP contribution in [-0.4, -0.2) is 38.2 Å². The van der Waals surface area contributed by atoms with Gasteiger partial charge in [-0.3, -0.25) is 4.79 Å². The number of nitrogens with zero attached hydrogens (tertiary/aromatic N) is 1. The van der Waals surface area contributed by atoms with Gasteiger partial charge in [-0.15, -0.1) is 0 Å². The van der Waals surface area contributed by atoms with Gasteiger partial charge in [0.25, 0.3) is 5.91 Å². The number of ether oxygens (including phenoxy) is 3. The molecule has 0 aliphatic rings. The molecule has 1 amide bonds. The number of anilines is 1. The van der Waals surface area contributed by atoms with E-state index in [1.165, 1.54) is 31.1 Å². The molecule has 0 N–H and O–H groups in total. The summed E-state index contributed by atoms with van der Waals surface area (Å²) in [5.74, 6) is -0.367. The number of amides is 1. The number of hydrogen-bond acceptors (Lipinski definition) is 5. The average Bonchev–Trinajstić information content (AvgIpc) is 2.68. The summed E-state index contributed by atoms with van der Waals surface area (Å²) < 4.78 is 16.2. The molecule has 28 heavy (non-hydrogen) atoms. The van der Waals surface area contributed by atoms with Gasteiger partial charge in [0.15, 0.2) is 17.6 Å². The summed E-state index contributed by atoms with van der Waals surface area (Å²) in [7, 11) is 3.08. The van der Waals surface area contributed by atoms with Gasteiger partial charge in [0.05, 0.1) is 23.8 Å². The van der Waals surface area contributed by atoms with Crippen molar-refractivity contribution in [3.05, 3.63) is 53.1 Å². The average molecular weight is 406 g/mol. The van der Waals surface area contributed by atoms with Crippen LogP contribution in [-0.2, 0) is 9.53 Å². The van der Waals surface area contributed by atoms with Gasteiger partial charge in [0.2, 0.25) is 0 Å². The van der Waals surface area contributed by atoms with Gasteiger partial charge in [0, 0.05) is 12.7 Å². The van der Waals surface area contributed by atoms with Crippen LogP contribution in [0.1, 0.15) is 31.1 Å². The zero-order chi connectivity index (χ0) is 20.8. The molecular weight excluding hydrogens is 382 g/mol. The van der Waals surface area contributed by atoms with Crippen molar-refractivity contribution in [2.24, 2.45) is 0 Å². The second-order valence-corrected chi connectivity index (χ2v) is 6.84. The fourth-order valence-corrected chi connectivity index (χ4v) is 2.77. The first-order valence-electron chi connectivity index (χ1n) is 8.82. The van der Waals surface area contributed by atoms with Crippen molar-refractivity contribution in [1.82, 2.24) is 0 Å². The number of carbonyl (C=O) groups is 2. The molecular formula is C21H24ClNO5. The topological polar surface area (TPSA) is 65.1 Å². The van der Waals surface area contributed by atoms with Crippen molar-refractivity contribution in [2.75, 3.05) is 19.1 Å². The molecule has 2 aromatic rings. The van der Waals surface area contributed by atoms with E-state index < -0.39 is 12.1 Å². The summed E-state index contributed by atoms with van der Waals surface area (Å²) in [6, 6.07) is 12.0. The van der Waals surface area contributed by atoms with Crippen LogP contribution in [0.2, 0.25) is 5.02 Å². The van der Waals surface area contributed by atoms with Crippen LogP contribution in [0, 0.1) is 0 Å². The van der Waals surface area contributed by atoms with Crippen LogP contribution in [0.4, 0.5) is 5.69 Å². The number of esters is 1. The van der Waals surface area contributed by atoms with E-state index in [1.807, 2.05) is 32.0 Å². The van der Waals surface area contributed by atoms with E-state index in [0.29, 0.717) is 17.2 Å². The zero-order valence-corrected chi connectivity index (χ0v) is 17.3. The summed E-state index contributed by atoms with van der Waals surface area (Å²) in [5.41, 5.74) is 0.871. The maximum absolute atomic E-state index is 12.6. The number of methoxy groups -OCH3 is 1. The van der Waals surface area contributed by atoms with E-state index in [9.17, 15) is 9.59 Å². The van der Waals surface area contributed by atoms with Crippen LogP contribution in [0.15, 0.2) is 42.5 Å². The third-order valence-corrected chi connectivity index (χ3v) is 4.21. The number of para-hydroxylation sites is 1. The van der Waals surface area contributed by atoms with Crippen molar-refractivity contribution < 1.29 is 23.8 Å². The van der Waals surface area contributed by atoms with Crippen molar-refractivity contribution in [3.8, 4) is 11.5 Å². The third-order valence-electron chi connectivity index (χ3n) is 3.92. The smallest absolute Gasteiger partial charge is 0.339 e. The lowest BCUT2D eigenvalue weighted by Gasteiger charge is -2.22. The maximum Gasteiger partial charge on any atom is 0.339 e. The van der Waals surface area contributed by atoms with Gasteiger partial charge in [-0.1, -0.05) is 29.8 Å². The quantitative estimate of drug-likeness (QED) is 0.641. The molecule has 0 aliphatic carbocycles. The van der Waals surface area contributed by atoms with Crippen molar-refractivity contribution >= 4 is 29.2 Å². The third kappa shape index (κ3) is 5.16. The zero-order valence-electron chi connectivity index (χ0n) is 16.6. The first-order valence-corrected chi connectivity index (χ1v) is 9.20. The van der Waals surface area contributed by atoms with E-state index >= 15 is 0 Å². The Morgan fingerprint density at radius 3 is 2.29 bits per heavy atom. The Labute approximate surface area is 169 Å². The fourth-order valence-electron chi connectivity index (χ4n) is 2.52. The van der Waals surface area contributed by atoms with Crippen molar-refractivity contribution in [3.63, 3.8) is 0 Å². The Hall–Kier alpha value is -2.73. The van der Waals surface area contributed by atoms with Crippen LogP contribution >= 0.6 is 11.6 Å². The Morgan fingerprint density at radius 2 is 1.71 bits per heavy atom. The molecule has 1 atom stereocenters. The number of carbonyl (C=O) groups excluding carboxylic acids is 2. The largest absolute Gasteiger partial charge is 0.493 e. The minimum Gasteiger partial charge on any atom is -0.493 e. The highest BCUT2D eigenvalue weighted by Gasteiger charge is 2.24. The number of benzene rings is 2.